The van der Waals surface area contributed by atoms with Crippen molar-refractivity contribution in [2.45, 2.75) is 38.1 Å². The Morgan fingerprint density at radius 1 is 1.12 bits per heavy atom. The third kappa shape index (κ3) is 5.54. The third-order valence-electron chi connectivity index (χ3n) is 6.71. The van der Waals surface area contributed by atoms with E-state index < -0.39 is 10.0 Å². The summed E-state index contributed by atoms with van der Waals surface area (Å²) in [4.78, 5) is 6.85. The van der Waals surface area contributed by atoms with Gasteiger partial charge in [0.2, 0.25) is 0 Å². The molecule has 4 rings (SSSR count). The maximum atomic E-state index is 13.1. The molecule has 7 heteroatoms. The third-order valence-corrected chi connectivity index (χ3v) is 8.12. The monoisotopic (exact) mass is 466 g/mol. The molecular formula is C26H34N4O2S. The first-order valence-corrected chi connectivity index (χ1v) is 13.3. The summed E-state index contributed by atoms with van der Waals surface area (Å²) >= 11 is 0. The van der Waals surface area contributed by atoms with Crippen LogP contribution < -0.4 is 10.0 Å². The van der Waals surface area contributed by atoms with Crippen LogP contribution in [0.2, 0.25) is 0 Å². The van der Waals surface area contributed by atoms with Gasteiger partial charge in [-0.25, -0.2) is 8.42 Å². The second-order valence-corrected chi connectivity index (χ2v) is 10.6. The smallest absolute Gasteiger partial charge is 0.264 e. The summed E-state index contributed by atoms with van der Waals surface area (Å²) in [5, 5.41) is 3.51. The highest BCUT2D eigenvalue weighted by Crippen LogP contribution is 2.40. The van der Waals surface area contributed by atoms with Crippen LogP contribution in [0.15, 0.2) is 77.3 Å². The van der Waals surface area contributed by atoms with Crippen LogP contribution in [0.3, 0.4) is 0 Å². The SMILES string of the molecule is C=C/N=C1\C(=C)C=CC=C1S(=O)(=O)Nc1ccc(C(C2CCCC2)N2CCCNCC2)cc1. The van der Waals surface area contributed by atoms with Gasteiger partial charge in [-0.15, -0.1) is 0 Å². The van der Waals surface area contributed by atoms with Crippen molar-refractivity contribution in [3.63, 3.8) is 0 Å². The molecule has 0 radical (unpaired) electrons. The maximum absolute atomic E-state index is 13.1. The van der Waals surface area contributed by atoms with Gasteiger partial charge in [0.05, 0.1) is 5.71 Å². The summed E-state index contributed by atoms with van der Waals surface area (Å²) in [6.07, 6.45) is 12.6. The molecule has 0 amide bonds. The van der Waals surface area contributed by atoms with E-state index in [1.807, 2.05) is 12.1 Å². The standard InChI is InChI=1S/C26H34N4O2S/c1-3-28-25-20(2)8-6-11-24(25)33(31,32)29-23-14-12-22(13-15-23)26(21-9-4-5-10-21)30-18-7-16-27-17-19-30/h3,6,8,11-15,21,26-27,29H,1-2,4-5,7,9-10,16-19H2/b28-25+. The molecule has 2 fully saturated rings. The van der Waals surface area contributed by atoms with Gasteiger partial charge in [-0.3, -0.25) is 14.6 Å². The minimum Gasteiger partial charge on any atom is -0.315 e. The molecule has 1 aliphatic heterocycles. The highest BCUT2D eigenvalue weighted by molar-refractivity contribution is 7.97. The number of rotatable bonds is 7. The second kappa shape index (κ2) is 10.6. The first-order valence-electron chi connectivity index (χ1n) is 11.8. The minimum atomic E-state index is -3.81. The van der Waals surface area contributed by atoms with Crippen molar-refractivity contribution in [2.24, 2.45) is 10.9 Å². The van der Waals surface area contributed by atoms with E-state index in [9.17, 15) is 8.42 Å². The van der Waals surface area contributed by atoms with Gasteiger partial charge in [0, 0.05) is 37.6 Å². The first-order chi connectivity index (χ1) is 16.0. The van der Waals surface area contributed by atoms with E-state index in [2.05, 4.69) is 45.2 Å². The molecule has 0 aromatic heterocycles. The highest BCUT2D eigenvalue weighted by atomic mass is 32.2. The van der Waals surface area contributed by atoms with Crippen molar-refractivity contribution in [2.75, 3.05) is 30.9 Å². The van der Waals surface area contributed by atoms with E-state index in [1.165, 1.54) is 43.5 Å². The Morgan fingerprint density at radius 3 is 2.61 bits per heavy atom. The van der Waals surface area contributed by atoms with Crippen molar-refractivity contribution in [3.05, 3.63) is 77.9 Å². The topological polar surface area (TPSA) is 73.8 Å². The highest BCUT2D eigenvalue weighted by Gasteiger charge is 2.31. The number of nitrogens with one attached hydrogen (secondary N) is 2. The zero-order valence-electron chi connectivity index (χ0n) is 19.2. The molecular weight excluding hydrogens is 432 g/mol. The Kier molecular flexibility index (Phi) is 7.63. The molecule has 1 saturated heterocycles. The molecule has 176 valence electrons. The van der Waals surface area contributed by atoms with E-state index in [-0.39, 0.29) is 4.91 Å². The van der Waals surface area contributed by atoms with Gasteiger partial charge in [0.15, 0.2) is 0 Å². The molecule has 3 aliphatic rings. The maximum Gasteiger partial charge on any atom is 0.264 e. The van der Waals surface area contributed by atoms with E-state index in [4.69, 9.17) is 0 Å². The predicted molar refractivity (Wildman–Crippen MR) is 137 cm³/mol. The molecule has 2 N–H and O–H groups in total. The second-order valence-electron chi connectivity index (χ2n) is 8.93. The Morgan fingerprint density at radius 2 is 1.88 bits per heavy atom. The number of hydrogen-bond donors (Lipinski definition) is 2. The van der Waals surface area contributed by atoms with Crippen molar-refractivity contribution >= 4 is 21.4 Å². The predicted octanol–water partition coefficient (Wildman–Crippen LogP) is 4.55. The number of sulfonamides is 1. The van der Waals surface area contributed by atoms with Gasteiger partial charge in [0.25, 0.3) is 10.0 Å². The fraction of sp³-hybridized carbons (Fsp3) is 0.423. The zero-order chi connectivity index (χ0) is 23.3. The van der Waals surface area contributed by atoms with Crippen LogP contribution in [0, 0.1) is 5.92 Å². The number of aliphatic imine (C=N–C) groups is 1. The molecule has 1 aromatic rings. The van der Waals surface area contributed by atoms with Crippen LogP contribution >= 0.6 is 0 Å². The molecule has 6 nitrogen and oxygen atoms in total. The molecule has 1 heterocycles. The van der Waals surface area contributed by atoms with Crippen molar-refractivity contribution in [1.82, 2.24) is 10.2 Å². The summed E-state index contributed by atoms with van der Waals surface area (Å²) in [6.45, 7) is 11.7. The first kappa shape index (κ1) is 23.7. The van der Waals surface area contributed by atoms with Gasteiger partial charge in [0.1, 0.15) is 4.91 Å². The zero-order valence-corrected chi connectivity index (χ0v) is 20.0. The summed E-state index contributed by atoms with van der Waals surface area (Å²) in [5.74, 6) is 0.661. The molecule has 0 spiro atoms. The van der Waals surface area contributed by atoms with Crippen LogP contribution in [-0.4, -0.2) is 45.2 Å². The molecule has 1 aromatic carbocycles. The van der Waals surface area contributed by atoms with Gasteiger partial charge in [-0.1, -0.05) is 50.3 Å². The Balaban J connectivity index is 1.55. The molecule has 1 atom stereocenters. The van der Waals surface area contributed by atoms with Crippen LogP contribution in [0.4, 0.5) is 5.69 Å². The van der Waals surface area contributed by atoms with Crippen LogP contribution in [0.5, 0.6) is 0 Å². The van der Waals surface area contributed by atoms with E-state index in [1.54, 1.807) is 12.2 Å². The molecule has 2 aliphatic carbocycles. The van der Waals surface area contributed by atoms with Gasteiger partial charge in [-0.05, 0) is 61.1 Å². The van der Waals surface area contributed by atoms with Crippen LogP contribution in [-0.2, 0) is 10.0 Å². The number of benzene rings is 1. The van der Waals surface area contributed by atoms with Crippen LogP contribution in [0.1, 0.15) is 43.7 Å². The van der Waals surface area contributed by atoms with Crippen molar-refractivity contribution in [1.29, 1.82) is 0 Å². The molecule has 1 unspecified atom stereocenters. The van der Waals surface area contributed by atoms with Crippen molar-refractivity contribution in [3.8, 4) is 0 Å². The Bertz CT molecular complexity index is 1060. The van der Waals surface area contributed by atoms with E-state index in [0.717, 1.165) is 32.6 Å². The lowest BCUT2D eigenvalue weighted by Gasteiger charge is -2.35. The summed E-state index contributed by atoms with van der Waals surface area (Å²) in [6, 6.07) is 8.32. The average molecular weight is 467 g/mol. The molecule has 1 saturated carbocycles. The number of nitrogens with zero attached hydrogens (tertiary/aromatic N) is 2. The van der Waals surface area contributed by atoms with E-state index in [0.29, 0.717) is 28.9 Å². The normalized spacial score (nSPS) is 22.7. The fourth-order valence-corrected chi connectivity index (χ4v) is 6.43. The summed E-state index contributed by atoms with van der Waals surface area (Å²) < 4.78 is 28.9. The lowest BCUT2D eigenvalue weighted by atomic mass is 9.90. The lowest BCUT2D eigenvalue weighted by Crippen LogP contribution is -2.35. The average Bonchev–Trinajstić information content (AvgIpc) is 3.19. The summed E-state index contributed by atoms with van der Waals surface area (Å²) in [5.41, 5.74) is 2.67. The lowest BCUT2D eigenvalue weighted by molar-refractivity contribution is 0.151. The largest absolute Gasteiger partial charge is 0.315 e. The Labute approximate surface area is 197 Å². The fourth-order valence-electron chi connectivity index (χ4n) is 5.18. The molecule has 0 bridgehead atoms. The van der Waals surface area contributed by atoms with Gasteiger partial charge >= 0.3 is 0 Å². The number of hydrogen-bond acceptors (Lipinski definition) is 5. The van der Waals surface area contributed by atoms with Gasteiger partial charge in [-0.2, -0.15) is 0 Å². The number of allylic oxidation sites excluding steroid dienone is 5. The van der Waals surface area contributed by atoms with Crippen molar-refractivity contribution < 1.29 is 8.42 Å². The van der Waals surface area contributed by atoms with Gasteiger partial charge < -0.3 is 5.32 Å². The Hall–Kier alpha value is -2.48. The summed E-state index contributed by atoms with van der Waals surface area (Å²) in [7, 11) is -3.81. The molecule has 33 heavy (non-hydrogen) atoms. The minimum absolute atomic E-state index is 0.0971. The van der Waals surface area contributed by atoms with E-state index >= 15 is 0 Å². The number of anilines is 1. The quantitative estimate of drug-likeness (QED) is 0.618. The van der Waals surface area contributed by atoms with Crippen LogP contribution in [0.25, 0.3) is 0 Å².